The van der Waals surface area contributed by atoms with Crippen molar-refractivity contribution in [2.45, 2.75) is 77.6 Å². The predicted molar refractivity (Wildman–Crippen MR) is 144 cm³/mol. The zero-order chi connectivity index (χ0) is 28.5. The number of carboxylic acid groups (broad SMARTS) is 1. The molecule has 0 radical (unpaired) electrons. The molecule has 3 aliphatic heterocycles. The number of carbonyl (C=O) groups is 4. The van der Waals surface area contributed by atoms with E-state index in [9.17, 15) is 24.3 Å². The van der Waals surface area contributed by atoms with Crippen LogP contribution in [-0.4, -0.2) is 58.5 Å². The minimum Gasteiger partial charge on any atom is -0.481 e. The number of anilines is 1. The minimum absolute atomic E-state index is 0.166. The predicted octanol–water partition coefficient (Wildman–Crippen LogP) is 3.95. The topological polar surface area (TPSA) is 107 Å². The summed E-state index contributed by atoms with van der Waals surface area (Å²) in [5, 5.41) is 12.2. The van der Waals surface area contributed by atoms with Gasteiger partial charge in [-0.2, -0.15) is 0 Å². The molecule has 9 heteroatoms. The van der Waals surface area contributed by atoms with Crippen molar-refractivity contribution in [3.63, 3.8) is 0 Å². The molecular weight excluding hydrogens is 501 g/mol. The lowest BCUT2D eigenvalue weighted by Crippen LogP contribution is -2.59. The number of nitrogens with one attached hydrogen (secondary N) is 1. The molecule has 39 heavy (non-hydrogen) atoms. The molecule has 1 aliphatic carbocycles. The fraction of sp³-hybridized carbons (Fsp3) is 0.533. The maximum Gasteiger partial charge on any atom is 0.309 e. The van der Waals surface area contributed by atoms with Gasteiger partial charge >= 0.3 is 5.97 Å². The molecule has 1 aromatic rings. The van der Waals surface area contributed by atoms with Gasteiger partial charge in [0.2, 0.25) is 11.8 Å². The fourth-order valence-corrected chi connectivity index (χ4v) is 6.66. The number of piperidine rings is 2. The molecule has 3 heterocycles. The number of halogens is 1. The molecule has 4 aliphatic rings. The second-order valence-corrected chi connectivity index (χ2v) is 12.4. The normalized spacial score (nSPS) is 27.1. The van der Waals surface area contributed by atoms with Gasteiger partial charge in [-0.25, -0.2) is 4.39 Å². The van der Waals surface area contributed by atoms with Crippen LogP contribution < -0.4 is 10.2 Å². The summed E-state index contributed by atoms with van der Waals surface area (Å²) in [7, 11) is 0. The lowest BCUT2D eigenvalue weighted by Gasteiger charge is -2.53. The first-order valence-corrected chi connectivity index (χ1v) is 13.5. The number of nitrogens with zero attached hydrogens (tertiary/aromatic N) is 2. The summed E-state index contributed by atoms with van der Waals surface area (Å²) >= 11 is 0. The van der Waals surface area contributed by atoms with Crippen molar-refractivity contribution < 1.29 is 28.7 Å². The molecule has 2 saturated heterocycles. The Morgan fingerprint density at radius 3 is 2.41 bits per heavy atom. The maximum atomic E-state index is 16.5. The molecular formula is C30H36FN3O5. The van der Waals surface area contributed by atoms with Crippen molar-refractivity contribution in [3.05, 3.63) is 47.6 Å². The Morgan fingerprint density at radius 1 is 1.13 bits per heavy atom. The van der Waals surface area contributed by atoms with Gasteiger partial charge in [0.25, 0.3) is 5.91 Å². The Labute approximate surface area is 227 Å². The molecule has 0 aromatic heterocycles. The first kappa shape index (κ1) is 27.2. The standard InChI is InChI=1S/C30H36FN3O5/c1-27(2,26(38)39)28(3,4)30(31)14-16-33(17-15-30)29(5)13-7-8-18-23-19(29)9-6-10-20(23)34(25(18)37)21-11-12-22(35)32-24(21)36/h6-10,13,21H,11-12,14-17H2,1-5H3,(H,38,39)(H,32,35,36). The quantitative estimate of drug-likeness (QED) is 0.551. The molecule has 8 nitrogen and oxygen atoms in total. The molecule has 5 rings (SSSR count). The van der Waals surface area contributed by atoms with Gasteiger partial charge in [-0.15, -0.1) is 0 Å². The number of rotatable bonds is 5. The average molecular weight is 538 g/mol. The molecule has 3 amide bonds. The molecule has 2 N–H and O–H groups in total. The van der Waals surface area contributed by atoms with E-state index in [1.54, 1.807) is 33.8 Å². The van der Waals surface area contributed by atoms with Gasteiger partial charge in [-0.1, -0.05) is 38.1 Å². The highest BCUT2D eigenvalue weighted by Gasteiger charge is 2.59. The third-order valence-electron chi connectivity index (χ3n) is 10.2. The summed E-state index contributed by atoms with van der Waals surface area (Å²) in [5.74, 6) is -2.11. The second-order valence-electron chi connectivity index (χ2n) is 12.4. The number of alkyl halides is 1. The Kier molecular flexibility index (Phi) is 6.18. The lowest BCUT2D eigenvalue weighted by atomic mass is 9.57. The first-order chi connectivity index (χ1) is 18.2. The number of carbonyl (C=O) groups excluding carboxylic acids is 3. The SMILES string of the molecule is CC1(N2CCC(F)(C(C)(C)C(C)(C)C(=O)O)CC2)C=CC=C2C(=O)N(C3CCC(=O)NC3=O)c3cccc1c32. The van der Waals surface area contributed by atoms with E-state index in [4.69, 9.17) is 0 Å². The third-order valence-corrected chi connectivity index (χ3v) is 10.2. The van der Waals surface area contributed by atoms with Crippen LogP contribution in [0, 0.1) is 10.8 Å². The van der Waals surface area contributed by atoms with E-state index in [-0.39, 0.29) is 37.5 Å². The van der Waals surface area contributed by atoms with Crippen LogP contribution in [0.1, 0.15) is 71.4 Å². The zero-order valence-electron chi connectivity index (χ0n) is 23.1. The Morgan fingerprint density at radius 2 is 1.79 bits per heavy atom. The Hall–Kier alpha value is -3.33. The minimum atomic E-state index is -1.67. The van der Waals surface area contributed by atoms with Crippen LogP contribution in [0.15, 0.2) is 36.4 Å². The number of amides is 3. The number of benzene rings is 1. The number of likely N-dealkylation sites (tertiary alicyclic amines) is 1. The van der Waals surface area contributed by atoms with Crippen molar-refractivity contribution in [1.29, 1.82) is 0 Å². The van der Waals surface area contributed by atoms with Gasteiger partial charge in [0.15, 0.2) is 0 Å². The third kappa shape index (κ3) is 3.80. The van der Waals surface area contributed by atoms with E-state index in [1.165, 1.54) is 4.90 Å². The number of hydrogen-bond acceptors (Lipinski definition) is 5. The largest absolute Gasteiger partial charge is 0.481 e. The molecule has 1 aromatic carbocycles. The van der Waals surface area contributed by atoms with Crippen LogP contribution in [0.4, 0.5) is 10.1 Å². The number of imide groups is 1. The van der Waals surface area contributed by atoms with Gasteiger partial charge < -0.3 is 5.11 Å². The van der Waals surface area contributed by atoms with E-state index in [1.807, 2.05) is 37.3 Å². The summed E-state index contributed by atoms with van der Waals surface area (Å²) in [6.07, 6.45) is 6.42. The van der Waals surface area contributed by atoms with Crippen molar-refractivity contribution in [1.82, 2.24) is 10.2 Å². The van der Waals surface area contributed by atoms with E-state index in [0.29, 0.717) is 24.4 Å². The smallest absolute Gasteiger partial charge is 0.309 e. The summed E-state index contributed by atoms with van der Waals surface area (Å²) in [4.78, 5) is 53.8. The Balaban J connectivity index is 1.48. The fourth-order valence-electron chi connectivity index (χ4n) is 6.66. The highest BCUT2D eigenvalue weighted by atomic mass is 19.1. The van der Waals surface area contributed by atoms with Gasteiger partial charge in [-0.3, -0.25) is 34.3 Å². The number of carboxylic acids is 1. The lowest BCUT2D eigenvalue weighted by molar-refractivity contribution is -0.169. The average Bonchev–Trinajstić information content (AvgIpc) is 3.04. The van der Waals surface area contributed by atoms with Crippen LogP contribution >= 0.6 is 0 Å². The molecule has 208 valence electrons. The summed E-state index contributed by atoms with van der Waals surface area (Å²) < 4.78 is 16.5. The van der Waals surface area contributed by atoms with E-state index >= 15 is 4.39 Å². The van der Waals surface area contributed by atoms with Gasteiger partial charge in [-0.05, 0) is 57.7 Å². The van der Waals surface area contributed by atoms with Crippen LogP contribution in [-0.2, 0) is 24.7 Å². The molecule has 0 spiro atoms. The summed E-state index contributed by atoms with van der Waals surface area (Å²) in [6, 6.07) is 4.89. The summed E-state index contributed by atoms with van der Waals surface area (Å²) in [6.45, 7) is 9.44. The van der Waals surface area contributed by atoms with Crippen LogP contribution in [0.5, 0.6) is 0 Å². The molecule has 0 bridgehead atoms. The van der Waals surface area contributed by atoms with Crippen molar-refractivity contribution >= 4 is 35.0 Å². The van der Waals surface area contributed by atoms with Gasteiger partial charge in [0.1, 0.15) is 11.7 Å². The molecule has 0 saturated carbocycles. The molecule has 2 unspecified atom stereocenters. The van der Waals surface area contributed by atoms with E-state index in [0.717, 1.165) is 11.1 Å². The Bertz CT molecular complexity index is 1340. The van der Waals surface area contributed by atoms with Crippen molar-refractivity contribution in [2.24, 2.45) is 10.8 Å². The van der Waals surface area contributed by atoms with Gasteiger partial charge in [0.05, 0.1) is 16.6 Å². The molecule has 2 atom stereocenters. The number of aliphatic carboxylic acids is 1. The highest BCUT2D eigenvalue weighted by Crippen LogP contribution is 2.55. The highest BCUT2D eigenvalue weighted by molar-refractivity contribution is 6.34. The molecule has 2 fully saturated rings. The zero-order valence-corrected chi connectivity index (χ0v) is 23.1. The number of allylic oxidation sites excluding steroid dienone is 2. The van der Waals surface area contributed by atoms with Gasteiger partial charge in [0, 0.05) is 36.1 Å². The first-order valence-electron chi connectivity index (χ1n) is 13.5. The van der Waals surface area contributed by atoms with Crippen LogP contribution in [0.2, 0.25) is 0 Å². The summed E-state index contributed by atoms with van der Waals surface area (Å²) in [5.41, 5.74) is -1.93. The van der Waals surface area contributed by atoms with Crippen molar-refractivity contribution in [3.8, 4) is 0 Å². The number of hydrogen-bond donors (Lipinski definition) is 2. The monoisotopic (exact) mass is 537 g/mol. The van der Waals surface area contributed by atoms with E-state index < -0.39 is 40.0 Å². The second kappa shape index (κ2) is 8.84. The van der Waals surface area contributed by atoms with Crippen molar-refractivity contribution in [2.75, 3.05) is 18.0 Å². The van der Waals surface area contributed by atoms with Crippen LogP contribution in [0.3, 0.4) is 0 Å². The maximum absolute atomic E-state index is 16.5. The van der Waals surface area contributed by atoms with E-state index in [2.05, 4.69) is 10.2 Å². The van der Waals surface area contributed by atoms with Crippen LogP contribution in [0.25, 0.3) is 5.57 Å².